The third kappa shape index (κ3) is 6.85. The molecule has 9 nitrogen and oxygen atoms in total. The lowest BCUT2D eigenvalue weighted by molar-refractivity contribution is -0.167. The van der Waals surface area contributed by atoms with Crippen LogP contribution < -0.4 is 5.32 Å². The number of carbonyl (C=O) groups excluding carboxylic acids is 4. The highest BCUT2D eigenvalue weighted by molar-refractivity contribution is 7.99. The number of aryl methyl sites for hydroxylation is 1. The Hall–Kier alpha value is -3.92. The normalized spacial score (nSPS) is 11.0. The number of benzene rings is 2. The quantitative estimate of drug-likeness (QED) is 0.221. The Kier molecular flexibility index (Phi) is 9.24. The number of esters is 2. The molecule has 2 aromatic carbocycles. The van der Waals surface area contributed by atoms with Gasteiger partial charge in [-0.25, -0.2) is 14.6 Å². The number of amides is 1. The van der Waals surface area contributed by atoms with Crippen molar-refractivity contribution in [3.05, 3.63) is 66.2 Å². The first-order chi connectivity index (χ1) is 17.7. The molecule has 0 aliphatic heterocycles. The van der Waals surface area contributed by atoms with Crippen molar-refractivity contribution in [2.75, 3.05) is 13.2 Å². The summed E-state index contributed by atoms with van der Waals surface area (Å²) in [6, 6.07) is 14.6. The minimum Gasteiger partial charge on any atom is -0.464 e. The van der Waals surface area contributed by atoms with Gasteiger partial charge in [-0.1, -0.05) is 36.0 Å². The van der Waals surface area contributed by atoms with Gasteiger partial charge >= 0.3 is 11.9 Å². The Bertz CT molecular complexity index is 1250. The van der Waals surface area contributed by atoms with Crippen LogP contribution in [0.1, 0.15) is 43.4 Å². The van der Waals surface area contributed by atoms with Crippen LogP contribution in [0.5, 0.6) is 0 Å². The summed E-state index contributed by atoms with van der Waals surface area (Å²) < 4.78 is 15.3. The van der Waals surface area contributed by atoms with E-state index in [0.717, 1.165) is 28.0 Å². The molecule has 10 heteroatoms. The first-order valence-electron chi connectivity index (χ1n) is 11.7. The summed E-state index contributed by atoms with van der Waals surface area (Å²) in [4.78, 5) is 56.7. The molecule has 0 aliphatic rings. The first kappa shape index (κ1) is 27.7. The molecule has 1 amide bonds. The van der Waals surface area contributed by atoms with Crippen LogP contribution in [0.15, 0.2) is 69.0 Å². The van der Waals surface area contributed by atoms with Gasteiger partial charge in [0.05, 0.1) is 19.6 Å². The molecular weight excluding hydrogens is 496 g/mol. The number of carbonyl (C=O) groups is 4. The fourth-order valence-corrected chi connectivity index (χ4v) is 4.38. The number of hydrogen-bond acceptors (Lipinski definition) is 9. The van der Waals surface area contributed by atoms with Crippen molar-refractivity contribution in [1.29, 1.82) is 0 Å². The highest BCUT2D eigenvalue weighted by Crippen LogP contribution is 2.30. The van der Waals surface area contributed by atoms with Gasteiger partial charge in [-0.05, 0) is 38.1 Å². The van der Waals surface area contributed by atoms with Crippen molar-refractivity contribution >= 4 is 35.4 Å². The summed E-state index contributed by atoms with van der Waals surface area (Å²) in [6.07, 6.45) is 0.970. The van der Waals surface area contributed by atoms with Crippen molar-refractivity contribution in [3.63, 3.8) is 0 Å². The van der Waals surface area contributed by atoms with Crippen LogP contribution in [-0.4, -0.2) is 47.4 Å². The average Bonchev–Trinajstić information content (AvgIpc) is 3.30. The summed E-state index contributed by atoms with van der Waals surface area (Å²) in [6.45, 7) is 5.96. The van der Waals surface area contributed by atoms with E-state index in [4.69, 9.17) is 13.9 Å². The largest absolute Gasteiger partial charge is 0.464 e. The van der Waals surface area contributed by atoms with E-state index >= 15 is 0 Å². The maximum atomic E-state index is 13.1. The van der Waals surface area contributed by atoms with Crippen molar-refractivity contribution < 1.29 is 33.1 Å². The molecule has 0 aliphatic carbocycles. The third-order valence-electron chi connectivity index (χ3n) is 5.24. The van der Waals surface area contributed by atoms with Gasteiger partial charge in [0.2, 0.25) is 11.4 Å². The highest BCUT2D eigenvalue weighted by Gasteiger charge is 2.51. The molecule has 1 N–H and O–H groups in total. The lowest BCUT2D eigenvalue weighted by atomic mass is 9.90. The molecule has 0 fully saturated rings. The van der Waals surface area contributed by atoms with E-state index in [2.05, 4.69) is 10.3 Å². The smallest absolute Gasteiger partial charge is 0.344 e. The SMILES string of the molecule is CCOC(=O)C(CC(=O)c1ccc(Sc2ccc(-c3coc(C)n3)cc2)cc1)(NC(C)=O)C(=O)OCC. The molecule has 194 valence electrons. The number of nitrogens with zero attached hydrogens (tertiary/aromatic N) is 1. The first-order valence-corrected chi connectivity index (χ1v) is 12.5. The molecule has 0 saturated heterocycles. The van der Waals surface area contributed by atoms with Crippen molar-refractivity contribution in [1.82, 2.24) is 10.3 Å². The van der Waals surface area contributed by atoms with Crippen LogP contribution in [0, 0.1) is 6.92 Å². The zero-order chi connectivity index (χ0) is 27.0. The number of rotatable bonds is 11. The fraction of sp³-hybridized carbons (Fsp3) is 0.296. The maximum Gasteiger partial charge on any atom is 0.344 e. The van der Waals surface area contributed by atoms with Crippen LogP contribution >= 0.6 is 11.8 Å². The molecule has 37 heavy (non-hydrogen) atoms. The molecule has 1 aromatic heterocycles. The Morgan fingerprint density at radius 3 is 1.92 bits per heavy atom. The van der Waals surface area contributed by atoms with Gasteiger partial charge in [-0.15, -0.1) is 0 Å². The van der Waals surface area contributed by atoms with Gasteiger partial charge in [0.1, 0.15) is 12.0 Å². The van der Waals surface area contributed by atoms with Crippen molar-refractivity contribution in [2.24, 2.45) is 0 Å². The summed E-state index contributed by atoms with van der Waals surface area (Å²) in [5.74, 6) is -2.70. The van der Waals surface area contributed by atoms with Gasteiger partial charge in [0.15, 0.2) is 11.7 Å². The topological polar surface area (TPSA) is 125 Å². The number of hydrogen-bond donors (Lipinski definition) is 1. The van der Waals surface area contributed by atoms with Gasteiger partial charge in [0.25, 0.3) is 0 Å². The highest BCUT2D eigenvalue weighted by atomic mass is 32.2. The molecule has 0 spiro atoms. The molecule has 3 rings (SSSR count). The average molecular weight is 525 g/mol. The Morgan fingerprint density at radius 1 is 0.919 bits per heavy atom. The Labute approximate surface area is 218 Å². The lowest BCUT2D eigenvalue weighted by Gasteiger charge is -2.29. The van der Waals surface area contributed by atoms with E-state index in [0.29, 0.717) is 5.89 Å². The predicted octanol–water partition coefficient (Wildman–Crippen LogP) is 4.38. The molecule has 0 bridgehead atoms. The zero-order valence-corrected chi connectivity index (χ0v) is 21.8. The molecular formula is C27H28N2O7S. The van der Waals surface area contributed by atoms with E-state index in [9.17, 15) is 19.2 Å². The van der Waals surface area contributed by atoms with Crippen LogP contribution in [0.3, 0.4) is 0 Å². The molecule has 3 aromatic rings. The molecule has 1 heterocycles. The summed E-state index contributed by atoms with van der Waals surface area (Å²) in [7, 11) is 0. The monoisotopic (exact) mass is 524 g/mol. The number of ether oxygens (including phenoxy) is 2. The van der Waals surface area contributed by atoms with Crippen LogP contribution in [0.2, 0.25) is 0 Å². The lowest BCUT2D eigenvalue weighted by Crippen LogP contribution is -2.62. The fourth-order valence-electron chi connectivity index (χ4n) is 3.56. The summed E-state index contributed by atoms with van der Waals surface area (Å²) in [5, 5.41) is 2.30. The zero-order valence-electron chi connectivity index (χ0n) is 21.0. The standard InChI is InChI=1S/C27H28N2O7S/c1-5-34-25(32)27(29-17(3)30,26(33)35-6-2)15-24(31)20-9-13-22(14-10-20)37-21-11-7-19(8-12-21)23-16-36-18(4)28-23/h7-14,16H,5-6,15H2,1-4H3,(H,29,30). The van der Waals surface area contributed by atoms with Crippen molar-refractivity contribution in [2.45, 2.75) is 49.4 Å². The van der Waals surface area contributed by atoms with E-state index in [1.54, 1.807) is 51.3 Å². The van der Waals surface area contributed by atoms with Crippen LogP contribution in [0.25, 0.3) is 11.3 Å². The van der Waals surface area contributed by atoms with Gasteiger partial charge in [0, 0.05) is 34.8 Å². The van der Waals surface area contributed by atoms with E-state index in [-0.39, 0.29) is 18.8 Å². The second-order valence-electron chi connectivity index (χ2n) is 8.03. The van der Waals surface area contributed by atoms with Crippen LogP contribution in [-0.2, 0) is 23.9 Å². The minimum atomic E-state index is -2.27. The predicted molar refractivity (Wildman–Crippen MR) is 136 cm³/mol. The minimum absolute atomic E-state index is 0.0428. The third-order valence-corrected chi connectivity index (χ3v) is 6.26. The molecule has 0 atom stereocenters. The van der Waals surface area contributed by atoms with Crippen LogP contribution in [0.4, 0.5) is 0 Å². The van der Waals surface area contributed by atoms with Crippen molar-refractivity contribution in [3.8, 4) is 11.3 Å². The molecule has 0 unspecified atom stereocenters. The Balaban J connectivity index is 1.76. The Morgan fingerprint density at radius 2 is 1.46 bits per heavy atom. The van der Waals surface area contributed by atoms with Gasteiger partial charge in [-0.2, -0.15) is 0 Å². The van der Waals surface area contributed by atoms with E-state index < -0.39 is 35.6 Å². The second kappa shape index (κ2) is 12.4. The molecule has 0 saturated carbocycles. The number of ketones is 1. The van der Waals surface area contributed by atoms with E-state index in [1.807, 2.05) is 24.3 Å². The number of aromatic nitrogens is 1. The van der Waals surface area contributed by atoms with E-state index in [1.165, 1.54) is 11.8 Å². The second-order valence-corrected chi connectivity index (χ2v) is 9.18. The number of nitrogens with one attached hydrogen (secondary N) is 1. The maximum absolute atomic E-state index is 13.1. The van der Waals surface area contributed by atoms with Gasteiger partial charge < -0.3 is 19.2 Å². The molecule has 0 radical (unpaired) electrons. The summed E-state index contributed by atoms with van der Waals surface area (Å²) >= 11 is 1.50. The number of oxazole rings is 1. The van der Waals surface area contributed by atoms with Gasteiger partial charge in [-0.3, -0.25) is 9.59 Å². The summed E-state index contributed by atoms with van der Waals surface area (Å²) in [5.41, 5.74) is -0.303. The number of Topliss-reactive ketones (excluding diaryl/α,β-unsaturated/α-hetero) is 1.